The van der Waals surface area contributed by atoms with Crippen LogP contribution in [0.3, 0.4) is 0 Å². The van der Waals surface area contributed by atoms with Crippen molar-refractivity contribution < 1.29 is 26.2 Å². The first-order valence-corrected chi connectivity index (χ1v) is 19.4. The summed E-state index contributed by atoms with van der Waals surface area (Å²) < 4.78 is 68.9. The van der Waals surface area contributed by atoms with Crippen molar-refractivity contribution in [2.24, 2.45) is 0 Å². The largest absolute Gasteiger partial charge is 0.342 e. The maximum atomic E-state index is 14.4. The third-order valence-electron chi connectivity index (χ3n) is 8.11. The molecule has 3 heterocycles. The van der Waals surface area contributed by atoms with E-state index >= 15 is 0 Å². The Bertz CT molecular complexity index is 2400. The zero-order valence-corrected chi connectivity index (χ0v) is 29.5. The summed E-state index contributed by atoms with van der Waals surface area (Å²) >= 11 is 6.60. The van der Waals surface area contributed by atoms with Gasteiger partial charge in [0.15, 0.2) is 15.7 Å². The average Bonchev–Trinajstić information content (AvgIpc) is 3.60. The minimum absolute atomic E-state index is 0.112. The molecule has 2 atom stereocenters. The number of hydrogen-bond donors (Lipinski definition) is 4. The second-order valence-electron chi connectivity index (χ2n) is 12.6. The van der Waals surface area contributed by atoms with Gasteiger partial charge in [0.25, 0.3) is 5.91 Å². The lowest BCUT2D eigenvalue weighted by Gasteiger charge is -2.22. The topological polar surface area (TPSA) is 163 Å². The molecular formula is C34H32ClF2N7O4S2. The number of nitrogens with one attached hydrogen (secondary N) is 4. The number of halogens is 3. The van der Waals surface area contributed by atoms with Crippen molar-refractivity contribution in [1.82, 2.24) is 30.7 Å². The Morgan fingerprint density at radius 3 is 2.42 bits per heavy atom. The highest BCUT2D eigenvalue weighted by molar-refractivity contribution is 8.00. The van der Waals surface area contributed by atoms with Crippen molar-refractivity contribution in [3.8, 4) is 23.0 Å². The van der Waals surface area contributed by atoms with Gasteiger partial charge in [0, 0.05) is 39.4 Å². The molecule has 5 aromatic rings. The van der Waals surface area contributed by atoms with Gasteiger partial charge in [-0.1, -0.05) is 23.6 Å². The van der Waals surface area contributed by atoms with E-state index in [0.29, 0.717) is 39.9 Å². The number of aromatic amines is 2. The Balaban J connectivity index is 1.55. The summed E-state index contributed by atoms with van der Waals surface area (Å²) in [6.07, 6.45) is 3.88. The van der Waals surface area contributed by atoms with E-state index in [-0.39, 0.29) is 34.9 Å². The standard InChI is InChI=1S/C34H32ClF2N7O4S2/c1-34(2,50(47,48)23-6-7-23)13-11-22-5-8-24(25-9-10-26(35)29-31(25)42-43-32(29)44-49(3,4)46)30(39-22)28(40-33(45)27-12-14-38-41-27)17-19-15-20(36)18-21(37)16-19/h5,8-10,12,14-16,18,23,28H,3,6-7,17H2,1-2,4H3,(H,38,41)(H,40,45)(H2,42,43,44,46)/t28-,49?/m0/s1. The van der Waals surface area contributed by atoms with Gasteiger partial charge in [-0.2, -0.15) is 10.2 Å². The Morgan fingerprint density at radius 1 is 1.08 bits per heavy atom. The number of benzene rings is 2. The van der Waals surface area contributed by atoms with Gasteiger partial charge < -0.3 is 5.32 Å². The molecule has 1 aliphatic rings. The Labute approximate surface area is 292 Å². The number of nitrogens with zero attached hydrogens (tertiary/aromatic N) is 3. The van der Waals surface area contributed by atoms with E-state index in [1.54, 1.807) is 38.1 Å². The number of amides is 1. The van der Waals surface area contributed by atoms with E-state index in [1.807, 2.05) is 0 Å². The van der Waals surface area contributed by atoms with Crippen LogP contribution in [-0.4, -0.2) is 66.0 Å². The van der Waals surface area contributed by atoms with Crippen LogP contribution in [0.1, 0.15) is 60.2 Å². The van der Waals surface area contributed by atoms with Gasteiger partial charge >= 0.3 is 0 Å². The van der Waals surface area contributed by atoms with Crippen molar-refractivity contribution in [2.45, 2.75) is 49.1 Å². The molecule has 16 heteroatoms. The van der Waals surface area contributed by atoms with E-state index in [4.69, 9.17) is 16.6 Å². The van der Waals surface area contributed by atoms with Crippen molar-refractivity contribution in [2.75, 3.05) is 11.0 Å². The van der Waals surface area contributed by atoms with Crippen molar-refractivity contribution in [3.63, 3.8) is 0 Å². The molecule has 0 radical (unpaired) electrons. The fourth-order valence-corrected chi connectivity index (χ4v) is 8.10. The lowest BCUT2D eigenvalue weighted by Crippen LogP contribution is -2.33. The normalized spacial score (nSPS) is 15.2. The summed E-state index contributed by atoms with van der Waals surface area (Å²) in [7, 11) is -6.28. The SMILES string of the molecule is C=S(C)(=O)Nc1n[nH]c2c(-c3ccc(C#CC(C)(C)S(=O)(=O)C4CC4)nc3[C@H](Cc3cc(F)cc(F)c3)NC(=O)c3ccn[nH]3)ccc(Cl)c12. The minimum atomic E-state index is -3.54. The van der Waals surface area contributed by atoms with Crippen molar-refractivity contribution >= 4 is 59.6 Å². The summed E-state index contributed by atoms with van der Waals surface area (Å²) in [5.74, 6) is 7.43. The first-order chi connectivity index (χ1) is 23.5. The van der Waals surface area contributed by atoms with Crippen LogP contribution in [0, 0.1) is 23.5 Å². The summed E-state index contributed by atoms with van der Waals surface area (Å²) in [5.41, 5.74) is 2.17. The number of hydrogen-bond acceptors (Lipinski definition) is 7. The molecule has 50 heavy (non-hydrogen) atoms. The highest BCUT2D eigenvalue weighted by atomic mass is 35.5. The van der Waals surface area contributed by atoms with Crippen molar-refractivity contribution in [1.29, 1.82) is 0 Å². The molecule has 0 saturated heterocycles. The lowest BCUT2D eigenvalue weighted by atomic mass is 9.93. The summed E-state index contributed by atoms with van der Waals surface area (Å²) in [6, 6.07) is 10.1. The van der Waals surface area contributed by atoms with E-state index in [2.05, 4.69) is 48.1 Å². The molecule has 0 aliphatic heterocycles. The summed E-state index contributed by atoms with van der Waals surface area (Å²) in [4.78, 5) is 18.3. The molecule has 11 nitrogen and oxygen atoms in total. The molecule has 2 aromatic carbocycles. The quantitative estimate of drug-likeness (QED) is 0.111. The molecule has 0 bridgehead atoms. The molecule has 1 saturated carbocycles. The van der Waals surface area contributed by atoms with E-state index in [9.17, 15) is 26.2 Å². The van der Waals surface area contributed by atoms with Crippen molar-refractivity contribution in [3.05, 3.63) is 94.0 Å². The molecule has 1 unspecified atom stereocenters. The number of rotatable bonds is 10. The molecule has 6 rings (SSSR count). The predicted octanol–water partition coefficient (Wildman–Crippen LogP) is 5.37. The van der Waals surface area contributed by atoms with Crippen LogP contribution in [0.15, 0.2) is 54.7 Å². The predicted molar refractivity (Wildman–Crippen MR) is 191 cm³/mol. The highest BCUT2D eigenvalue weighted by Gasteiger charge is 2.45. The van der Waals surface area contributed by atoms with Gasteiger partial charge in [0.2, 0.25) is 0 Å². The third kappa shape index (κ3) is 7.37. The van der Waals surface area contributed by atoms with E-state index in [1.165, 1.54) is 18.5 Å². The van der Waals surface area contributed by atoms with Gasteiger partial charge in [-0.15, -0.1) is 0 Å². The number of carbonyl (C=O) groups is 1. The maximum Gasteiger partial charge on any atom is 0.269 e. The van der Waals surface area contributed by atoms with Gasteiger partial charge in [-0.05, 0) is 86.9 Å². The molecule has 260 valence electrons. The number of sulfone groups is 1. The lowest BCUT2D eigenvalue weighted by molar-refractivity contribution is 0.0930. The van der Waals surface area contributed by atoms with Crippen LogP contribution in [0.2, 0.25) is 5.02 Å². The first kappa shape index (κ1) is 35.1. The number of aromatic nitrogens is 5. The molecule has 4 N–H and O–H groups in total. The second kappa shape index (κ2) is 13.2. The number of fused-ring (bicyclic) bond motifs is 1. The second-order valence-corrected chi connectivity index (χ2v) is 18.0. The zero-order valence-electron chi connectivity index (χ0n) is 27.1. The molecular weight excluding hydrogens is 708 g/mol. The number of H-pyrrole nitrogens is 2. The zero-order chi connectivity index (χ0) is 36.0. The van der Waals surface area contributed by atoms with Crippen LogP contribution < -0.4 is 10.0 Å². The Morgan fingerprint density at radius 2 is 1.78 bits per heavy atom. The number of anilines is 1. The smallest absolute Gasteiger partial charge is 0.269 e. The summed E-state index contributed by atoms with van der Waals surface area (Å²) in [6.45, 7) is 3.09. The van der Waals surface area contributed by atoms with Crippen LogP contribution in [0.4, 0.5) is 14.6 Å². The fourth-order valence-electron chi connectivity index (χ4n) is 5.51. The summed E-state index contributed by atoms with van der Waals surface area (Å²) in [5, 5.41) is 16.8. The minimum Gasteiger partial charge on any atom is -0.342 e. The van der Waals surface area contributed by atoms with Gasteiger partial charge in [0.05, 0.1) is 32.9 Å². The Hall–Kier alpha value is -4.78. The van der Waals surface area contributed by atoms with Crippen LogP contribution >= 0.6 is 11.6 Å². The van der Waals surface area contributed by atoms with E-state index in [0.717, 1.165) is 18.2 Å². The van der Waals surface area contributed by atoms with Crippen LogP contribution in [0.5, 0.6) is 0 Å². The van der Waals surface area contributed by atoms with Crippen LogP contribution in [0.25, 0.3) is 22.0 Å². The monoisotopic (exact) mass is 739 g/mol. The molecule has 3 aromatic heterocycles. The maximum absolute atomic E-state index is 14.4. The van der Waals surface area contributed by atoms with Crippen LogP contribution in [-0.2, 0) is 26.0 Å². The average molecular weight is 740 g/mol. The highest BCUT2D eigenvalue weighted by Crippen LogP contribution is 2.39. The molecule has 1 aliphatic carbocycles. The van der Waals surface area contributed by atoms with Gasteiger partial charge in [-0.25, -0.2) is 26.4 Å². The number of carbonyl (C=O) groups excluding carboxylic acids is 1. The number of pyridine rings is 1. The van der Waals surface area contributed by atoms with E-state index < -0.39 is 53.1 Å². The fraction of sp³-hybridized carbons (Fsp3) is 0.265. The van der Waals surface area contributed by atoms with Gasteiger partial charge in [-0.3, -0.25) is 19.7 Å². The first-order valence-electron chi connectivity index (χ1n) is 15.3. The Kier molecular flexibility index (Phi) is 9.23. The third-order valence-corrected chi connectivity index (χ3v) is 11.9. The molecule has 0 spiro atoms. The van der Waals surface area contributed by atoms with Gasteiger partial charge in [0.1, 0.15) is 27.8 Å². The molecule has 1 fully saturated rings. The molecule has 1 amide bonds.